The highest BCUT2D eigenvalue weighted by Crippen LogP contribution is 2.52. The van der Waals surface area contributed by atoms with E-state index in [0.717, 1.165) is 6.42 Å². The fourth-order valence-electron chi connectivity index (χ4n) is 4.10. The molecule has 120 valence electrons. The number of fused-ring (bicyclic) bond motifs is 3. The fraction of sp³-hybridized carbons (Fsp3) is 0.643. The van der Waals surface area contributed by atoms with Gasteiger partial charge in [0.25, 0.3) is 0 Å². The molecule has 2 amide bonds. The van der Waals surface area contributed by atoms with Gasteiger partial charge >= 0.3 is 12.1 Å². The molecule has 0 spiro atoms. The quantitative estimate of drug-likeness (QED) is 0.619. The van der Waals surface area contributed by atoms with Gasteiger partial charge in [0.1, 0.15) is 11.8 Å². The van der Waals surface area contributed by atoms with Crippen molar-refractivity contribution < 1.29 is 29.3 Å². The molecule has 3 aliphatic rings. The van der Waals surface area contributed by atoms with Gasteiger partial charge in [-0.15, -0.1) is 0 Å². The first kappa shape index (κ1) is 14.8. The largest absolute Gasteiger partial charge is 0.477 e. The van der Waals surface area contributed by atoms with Crippen LogP contribution in [0.15, 0.2) is 11.3 Å². The molecule has 0 aromatic rings. The summed E-state index contributed by atoms with van der Waals surface area (Å²) in [6.45, 7) is 1.53. The maximum atomic E-state index is 12.2. The molecule has 1 aliphatic carbocycles. The Morgan fingerprint density at radius 2 is 2.09 bits per heavy atom. The van der Waals surface area contributed by atoms with Crippen molar-refractivity contribution in [1.82, 2.24) is 4.90 Å². The first-order valence-electron chi connectivity index (χ1n) is 7.29. The van der Waals surface area contributed by atoms with Crippen LogP contribution in [0, 0.1) is 11.8 Å². The Bertz CT molecular complexity index is 584. The van der Waals surface area contributed by atoms with Gasteiger partial charge in [0, 0.05) is 11.5 Å². The summed E-state index contributed by atoms with van der Waals surface area (Å²) in [6, 6.07) is -0.368. The van der Waals surface area contributed by atoms with Crippen LogP contribution in [0.1, 0.15) is 26.2 Å². The number of aliphatic hydroxyl groups excluding tert-OH is 1. The molecule has 0 radical (unpaired) electrons. The summed E-state index contributed by atoms with van der Waals surface area (Å²) in [6.07, 6.45) is -0.599. The number of aliphatic hydroxyl groups is 1. The number of hydrogen-bond acceptors (Lipinski definition) is 5. The standard InChI is InChI=1S/C14H18N2O6/c1-5(17)8-10-6-3-2-4-7(22-14(15)21)9(6)11(13(19)20)16(10)12(8)18/h5-8,10,17H,2-4H2,1H3,(H2,15,21)(H,19,20)/t5-,6+,7+,8-,10-/m1/s1. The minimum Gasteiger partial charge on any atom is -0.477 e. The lowest BCUT2D eigenvalue weighted by atomic mass is 9.72. The second kappa shape index (κ2) is 4.98. The number of rotatable bonds is 3. The Hall–Kier alpha value is -2.09. The average molecular weight is 310 g/mol. The third-order valence-electron chi connectivity index (χ3n) is 4.82. The minimum atomic E-state index is -1.22. The number of nitrogens with zero attached hydrogens (tertiary/aromatic N) is 1. The SMILES string of the molecule is C[C@@H](O)[C@H]1C(=O)N2C(C(=O)O)=C3[C@@H](OC(N)=O)CCC[C@@H]3[C@H]12. The lowest BCUT2D eigenvalue weighted by molar-refractivity contribution is -0.163. The van der Waals surface area contributed by atoms with Gasteiger partial charge in [-0.2, -0.15) is 0 Å². The van der Waals surface area contributed by atoms with Crippen LogP contribution >= 0.6 is 0 Å². The summed E-state index contributed by atoms with van der Waals surface area (Å²) in [7, 11) is 0. The van der Waals surface area contributed by atoms with E-state index in [9.17, 15) is 24.6 Å². The molecule has 0 bridgehead atoms. The summed E-state index contributed by atoms with van der Waals surface area (Å²) in [5.74, 6) is -2.43. The van der Waals surface area contributed by atoms with Crippen LogP contribution in [0.2, 0.25) is 0 Å². The maximum Gasteiger partial charge on any atom is 0.405 e. The fourth-order valence-corrected chi connectivity index (χ4v) is 4.10. The Labute approximate surface area is 126 Å². The van der Waals surface area contributed by atoms with Gasteiger partial charge in [0.2, 0.25) is 5.91 Å². The predicted molar refractivity (Wildman–Crippen MR) is 72.3 cm³/mol. The number of aliphatic carboxylic acids is 1. The molecule has 8 nitrogen and oxygen atoms in total. The van der Waals surface area contributed by atoms with Crippen molar-refractivity contribution in [2.24, 2.45) is 17.6 Å². The van der Waals surface area contributed by atoms with Gasteiger partial charge < -0.3 is 25.6 Å². The van der Waals surface area contributed by atoms with Gasteiger partial charge in [0.15, 0.2) is 0 Å². The number of hydrogen-bond donors (Lipinski definition) is 3. The lowest BCUT2D eigenvalue weighted by Gasteiger charge is -2.47. The minimum absolute atomic E-state index is 0.108. The van der Waals surface area contributed by atoms with E-state index in [1.165, 1.54) is 11.8 Å². The molecule has 1 saturated carbocycles. The monoisotopic (exact) mass is 310 g/mol. The number of primary amides is 1. The average Bonchev–Trinajstić information content (AvgIpc) is 2.69. The number of ether oxygens (including phenoxy) is 1. The number of carbonyl (C=O) groups excluding carboxylic acids is 2. The topological polar surface area (TPSA) is 130 Å². The van der Waals surface area contributed by atoms with E-state index in [4.69, 9.17) is 10.5 Å². The summed E-state index contributed by atoms with van der Waals surface area (Å²) in [4.78, 5) is 36.1. The zero-order valence-electron chi connectivity index (χ0n) is 12.1. The van der Waals surface area contributed by atoms with Crippen LogP contribution in [-0.2, 0) is 14.3 Å². The zero-order valence-corrected chi connectivity index (χ0v) is 12.1. The van der Waals surface area contributed by atoms with Crippen LogP contribution < -0.4 is 5.73 Å². The first-order chi connectivity index (χ1) is 10.3. The van der Waals surface area contributed by atoms with Crippen LogP contribution in [0.25, 0.3) is 0 Å². The lowest BCUT2D eigenvalue weighted by Crippen LogP contribution is -2.64. The summed E-state index contributed by atoms with van der Waals surface area (Å²) >= 11 is 0. The van der Waals surface area contributed by atoms with Crippen LogP contribution in [0.5, 0.6) is 0 Å². The molecule has 3 rings (SSSR count). The van der Waals surface area contributed by atoms with E-state index in [1.807, 2.05) is 0 Å². The van der Waals surface area contributed by atoms with Crippen LogP contribution in [0.4, 0.5) is 4.79 Å². The molecule has 2 fully saturated rings. The maximum absolute atomic E-state index is 12.2. The van der Waals surface area contributed by atoms with Gasteiger partial charge in [-0.3, -0.25) is 4.79 Å². The van der Waals surface area contributed by atoms with E-state index in [1.54, 1.807) is 0 Å². The highest BCUT2D eigenvalue weighted by molar-refractivity contribution is 6.00. The van der Waals surface area contributed by atoms with Crippen molar-refractivity contribution >= 4 is 18.0 Å². The van der Waals surface area contributed by atoms with E-state index >= 15 is 0 Å². The van der Waals surface area contributed by atoms with Crippen molar-refractivity contribution in [2.45, 2.75) is 44.4 Å². The third-order valence-corrected chi connectivity index (χ3v) is 4.82. The molecule has 0 aromatic heterocycles. The van der Waals surface area contributed by atoms with Crippen molar-refractivity contribution in [3.8, 4) is 0 Å². The van der Waals surface area contributed by atoms with Crippen LogP contribution in [-0.4, -0.2) is 51.3 Å². The molecular formula is C14H18N2O6. The van der Waals surface area contributed by atoms with Crippen molar-refractivity contribution in [3.63, 3.8) is 0 Å². The highest BCUT2D eigenvalue weighted by atomic mass is 16.6. The predicted octanol–water partition coefficient (Wildman–Crippen LogP) is -0.190. The molecule has 2 aliphatic heterocycles. The smallest absolute Gasteiger partial charge is 0.405 e. The Balaban J connectivity index is 2.02. The number of nitrogens with two attached hydrogens (primary N) is 1. The molecule has 0 aromatic carbocycles. The third kappa shape index (κ3) is 1.90. The Morgan fingerprint density at radius 3 is 2.64 bits per heavy atom. The highest BCUT2D eigenvalue weighted by Gasteiger charge is 2.62. The van der Waals surface area contributed by atoms with Gasteiger partial charge in [-0.25, -0.2) is 9.59 Å². The van der Waals surface area contributed by atoms with Crippen LogP contribution in [0.3, 0.4) is 0 Å². The van der Waals surface area contributed by atoms with E-state index in [-0.39, 0.29) is 17.7 Å². The second-order valence-corrected chi connectivity index (χ2v) is 6.04. The molecular weight excluding hydrogens is 292 g/mol. The van der Waals surface area contributed by atoms with E-state index < -0.39 is 36.1 Å². The molecule has 1 saturated heterocycles. The van der Waals surface area contributed by atoms with Crippen molar-refractivity contribution in [3.05, 3.63) is 11.3 Å². The van der Waals surface area contributed by atoms with Gasteiger partial charge in [-0.1, -0.05) is 0 Å². The molecule has 5 atom stereocenters. The van der Waals surface area contributed by atoms with E-state index in [0.29, 0.717) is 18.4 Å². The molecule has 8 heteroatoms. The van der Waals surface area contributed by atoms with Crippen molar-refractivity contribution in [1.29, 1.82) is 0 Å². The summed E-state index contributed by atoms with van der Waals surface area (Å²) < 4.78 is 5.06. The molecule has 22 heavy (non-hydrogen) atoms. The van der Waals surface area contributed by atoms with Gasteiger partial charge in [0.05, 0.1) is 18.1 Å². The van der Waals surface area contributed by atoms with Crippen molar-refractivity contribution in [2.75, 3.05) is 0 Å². The number of carbonyl (C=O) groups is 3. The number of carboxylic acids is 1. The summed E-state index contributed by atoms with van der Waals surface area (Å²) in [5, 5.41) is 19.3. The number of amides is 2. The molecule has 4 N–H and O–H groups in total. The summed E-state index contributed by atoms with van der Waals surface area (Å²) in [5.41, 5.74) is 5.41. The first-order valence-corrected chi connectivity index (χ1v) is 7.29. The Morgan fingerprint density at radius 1 is 1.41 bits per heavy atom. The number of β-lactam (4-membered cyclic amide) rings is 1. The van der Waals surface area contributed by atoms with Gasteiger partial charge in [-0.05, 0) is 26.2 Å². The second-order valence-electron chi connectivity index (χ2n) is 6.04. The zero-order chi connectivity index (χ0) is 16.2. The normalized spacial score (nSPS) is 34.6. The molecule has 2 heterocycles. The Kier molecular flexibility index (Phi) is 3.36. The molecule has 0 unspecified atom stereocenters. The van der Waals surface area contributed by atoms with E-state index in [2.05, 4.69) is 0 Å². The number of carboxylic acid groups (broad SMARTS) is 1.